The van der Waals surface area contributed by atoms with Gasteiger partial charge in [0.05, 0.1) is 12.9 Å². The summed E-state index contributed by atoms with van der Waals surface area (Å²) >= 11 is 0. The molecule has 0 aromatic heterocycles. The van der Waals surface area contributed by atoms with Crippen molar-refractivity contribution in [3.05, 3.63) is 12.3 Å². The first-order valence-electron chi connectivity index (χ1n) is 2.35. The number of ether oxygens (including phenoxy) is 1. The minimum absolute atomic E-state index is 0.488. The molecule has 0 aliphatic heterocycles. The summed E-state index contributed by atoms with van der Waals surface area (Å²) in [7, 11) is 0. The highest BCUT2D eigenvalue weighted by molar-refractivity contribution is 5.85. The third-order valence-electron chi connectivity index (χ3n) is 0.495. The number of hydrogen-bond donors (Lipinski definition) is 1. The Kier molecular flexibility index (Phi) is 3.66. The van der Waals surface area contributed by atoms with E-state index in [1.54, 1.807) is 0 Å². The van der Waals surface area contributed by atoms with E-state index in [1.165, 1.54) is 12.3 Å². The van der Waals surface area contributed by atoms with Crippen LogP contribution in [0.1, 0.15) is 6.92 Å². The lowest BCUT2D eigenvalue weighted by Crippen LogP contribution is -2.05. The molecule has 0 bridgehead atoms. The van der Waals surface area contributed by atoms with Crippen molar-refractivity contribution in [3.63, 3.8) is 0 Å². The number of rotatable bonds is 3. The fourth-order valence-corrected chi connectivity index (χ4v) is 0.211. The predicted octanol–water partition coefficient (Wildman–Crippen LogP) is 0.0219. The summed E-state index contributed by atoms with van der Waals surface area (Å²) in [6.45, 7) is 2.38. The van der Waals surface area contributed by atoms with Crippen molar-refractivity contribution in [2.75, 3.05) is 6.61 Å². The van der Waals surface area contributed by atoms with Crippen LogP contribution in [0.3, 0.4) is 0 Å². The molecular weight excluding hydrogens is 106 g/mol. The van der Waals surface area contributed by atoms with E-state index in [4.69, 9.17) is 5.73 Å². The first-order chi connectivity index (χ1) is 3.77. The molecule has 0 aliphatic rings. The molecule has 46 valence electrons. The van der Waals surface area contributed by atoms with Gasteiger partial charge < -0.3 is 10.5 Å². The second-order valence-corrected chi connectivity index (χ2v) is 1.16. The smallest absolute Gasteiger partial charge is 0.244 e. The molecule has 8 heavy (non-hydrogen) atoms. The predicted molar refractivity (Wildman–Crippen MR) is 30.0 cm³/mol. The van der Waals surface area contributed by atoms with Gasteiger partial charge in [0.1, 0.15) is 0 Å². The van der Waals surface area contributed by atoms with Gasteiger partial charge in [-0.15, -0.1) is 0 Å². The van der Waals surface area contributed by atoms with Crippen LogP contribution in [-0.2, 0) is 9.53 Å². The van der Waals surface area contributed by atoms with Gasteiger partial charge in [0.25, 0.3) is 0 Å². The van der Waals surface area contributed by atoms with Crippen molar-refractivity contribution in [3.8, 4) is 0 Å². The molecule has 0 saturated carbocycles. The normalized spacial score (nSPS) is 9.62. The van der Waals surface area contributed by atoms with Crippen molar-refractivity contribution >= 4 is 5.91 Å². The average molecular weight is 115 g/mol. The van der Waals surface area contributed by atoms with Crippen LogP contribution in [0.5, 0.6) is 0 Å². The van der Waals surface area contributed by atoms with Gasteiger partial charge in [-0.25, -0.2) is 0 Å². The standard InChI is InChI=1S/C5H9NO2/c1-2-8-4-3-5(6)7/h3-4H,2H2,1H3,(H2,6,7)/b4-3+. The van der Waals surface area contributed by atoms with Crippen molar-refractivity contribution in [1.82, 2.24) is 0 Å². The van der Waals surface area contributed by atoms with Gasteiger partial charge >= 0.3 is 0 Å². The van der Waals surface area contributed by atoms with Crippen molar-refractivity contribution < 1.29 is 9.53 Å². The molecule has 3 nitrogen and oxygen atoms in total. The molecule has 3 heteroatoms. The zero-order chi connectivity index (χ0) is 6.41. The fraction of sp³-hybridized carbons (Fsp3) is 0.400. The van der Waals surface area contributed by atoms with Crippen LogP contribution in [-0.4, -0.2) is 12.5 Å². The molecule has 0 aromatic rings. The third kappa shape index (κ3) is 5.01. The number of hydrogen-bond acceptors (Lipinski definition) is 2. The second kappa shape index (κ2) is 4.18. The van der Waals surface area contributed by atoms with Crippen LogP contribution >= 0.6 is 0 Å². The van der Waals surface area contributed by atoms with E-state index in [0.717, 1.165) is 0 Å². The van der Waals surface area contributed by atoms with Crippen molar-refractivity contribution in [2.45, 2.75) is 6.92 Å². The average Bonchev–Trinajstić information content (AvgIpc) is 1.66. The third-order valence-corrected chi connectivity index (χ3v) is 0.495. The fourth-order valence-electron chi connectivity index (χ4n) is 0.211. The molecule has 0 radical (unpaired) electrons. The van der Waals surface area contributed by atoms with Gasteiger partial charge in [0.15, 0.2) is 0 Å². The maximum atomic E-state index is 9.93. The van der Waals surface area contributed by atoms with E-state index >= 15 is 0 Å². The molecule has 0 aliphatic carbocycles. The van der Waals surface area contributed by atoms with Crippen molar-refractivity contribution in [2.24, 2.45) is 5.73 Å². The summed E-state index contributed by atoms with van der Waals surface area (Å²) in [6.07, 6.45) is 2.45. The molecule has 0 atom stereocenters. The van der Waals surface area contributed by atoms with Gasteiger partial charge in [-0.1, -0.05) is 0 Å². The molecule has 0 heterocycles. The lowest BCUT2D eigenvalue weighted by Gasteiger charge is -1.88. The Morgan fingerprint density at radius 1 is 1.88 bits per heavy atom. The monoisotopic (exact) mass is 115 g/mol. The number of primary amides is 1. The summed E-state index contributed by atoms with van der Waals surface area (Å²) in [5, 5.41) is 0. The largest absolute Gasteiger partial charge is 0.501 e. The van der Waals surface area contributed by atoms with Crippen LogP contribution in [0.25, 0.3) is 0 Å². The Labute approximate surface area is 48.1 Å². The lowest BCUT2D eigenvalue weighted by atomic mass is 10.6. The van der Waals surface area contributed by atoms with Gasteiger partial charge in [0.2, 0.25) is 5.91 Å². The molecule has 2 N–H and O–H groups in total. The summed E-state index contributed by atoms with van der Waals surface area (Å²) in [5.41, 5.74) is 4.73. The highest BCUT2D eigenvalue weighted by Crippen LogP contribution is 1.73. The van der Waals surface area contributed by atoms with E-state index in [2.05, 4.69) is 4.74 Å². The minimum atomic E-state index is -0.488. The van der Waals surface area contributed by atoms with Gasteiger partial charge in [-0.3, -0.25) is 4.79 Å². The highest BCUT2D eigenvalue weighted by atomic mass is 16.5. The zero-order valence-electron chi connectivity index (χ0n) is 4.76. The van der Waals surface area contributed by atoms with Crippen LogP contribution in [0.15, 0.2) is 12.3 Å². The topological polar surface area (TPSA) is 52.3 Å². The summed E-state index contributed by atoms with van der Waals surface area (Å²) in [5.74, 6) is -0.488. The Morgan fingerprint density at radius 3 is 2.88 bits per heavy atom. The molecule has 0 unspecified atom stereocenters. The Balaban J connectivity index is 3.20. The molecule has 0 spiro atoms. The van der Waals surface area contributed by atoms with Gasteiger partial charge in [0, 0.05) is 6.08 Å². The van der Waals surface area contributed by atoms with Crippen molar-refractivity contribution in [1.29, 1.82) is 0 Å². The molecule has 0 aromatic carbocycles. The first kappa shape index (κ1) is 7.01. The number of amides is 1. The Morgan fingerprint density at radius 2 is 2.50 bits per heavy atom. The quantitative estimate of drug-likeness (QED) is 0.416. The van der Waals surface area contributed by atoms with E-state index in [0.29, 0.717) is 6.61 Å². The molecule has 0 rings (SSSR count). The molecule has 0 fully saturated rings. The number of carbonyl (C=O) groups is 1. The maximum absolute atomic E-state index is 9.93. The summed E-state index contributed by atoms with van der Waals surface area (Å²) in [6, 6.07) is 0. The highest BCUT2D eigenvalue weighted by Gasteiger charge is 1.78. The van der Waals surface area contributed by atoms with E-state index in [1.807, 2.05) is 6.92 Å². The van der Waals surface area contributed by atoms with E-state index in [-0.39, 0.29) is 0 Å². The van der Waals surface area contributed by atoms with E-state index in [9.17, 15) is 4.79 Å². The minimum Gasteiger partial charge on any atom is -0.501 e. The van der Waals surface area contributed by atoms with Crippen LogP contribution in [0, 0.1) is 0 Å². The summed E-state index contributed by atoms with van der Waals surface area (Å²) in [4.78, 5) is 9.93. The first-order valence-corrected chi connectivity index (χ1v) is 2.35. The Bertz CT molecular complexity index is 98.6. The van der Waals surface area contributed by atoms with Gasteiger partial charge in [-0.2, -0.15) is 0 Å². The van der Waals surface area contributed by atoms with Crippen LogP contribution in [0.4, 0.5) is 0 Å². The van der Waals surface area contributed by atoms with Crippen LogP contribution < -0.4 is 5.73 Å². The number of nitrogens with two attached hydrogens (primary N) is 1. The van der Waals surface area contributed by atoms with Crippen LogP contribution in [0.2, 0.25) is 0 Å². The zero-order valence-corrected chi connectivity index (χ0v) is 4.76. The van der Waals surface area contributed by atoms with E-state index < -0.39 is 5.91 Å². The second-order valence-electron chi connectivity index (χ2n) is 1.16. The molecule has 1 amide bonds. The SMILES string of the molecule is CCO/C=C/C(N)=O. The maximum Gasteiger partial charge on any atom is 0.244 e. The lowest BCUT2D eigenvalue weighted by molar-refractivity contribution is -0.113. The molecule has 0 saturated heterocycles. The Hall–Kier alpha value is -0.990. The van der Waals surface area contributed by atoms with Gasteiger partial charge in [-0.05, 0) is 6.92 Å². The number of carbonyl (C=O) groups excluding carboxylic acids is 1. The summed E-state index contributed by atoms with van der Waals surface area (Å²) < 4.78 is 4.66. The molecular formula is C5H9NO2.